The standard InChI is InChI=1S/C16H22N2O6S/c1-16(15(20)22-3)10-25-14(18-16)12-13(19)11(4-5-17-12)24-9-8-23-7-6-21-2/h4-5,19H,6-10H2,1-3H3/t16-/m1/s1. The van der Waals surface area contributed by atoms with Crippen molar-refractivity contribution in [3.05, 3.63) is 18.0 Å². The maximum absolute atomic E-state index is 11.8. The molecule has 0 bridgehead atoms. The zero-order chi connectivity index (χ0) is 18.3. The molecule has 0 spiro atoms. The van der Waals surface area contributed by atoms with Crippen LogP contribution in [0.5, 0.6) is 11.5 Å². The van der Waals surface area contributed by atoms with E-state index in [4.69, 9.17) is 18.9 Å². The van der Waals surface area contributed by atoms with Gasteiger partial charge in [0, 0.05) is 25.1 Å². The number of hydrogen-bond acceptors (Lipinski definition) is 9. The molecule has 0 unspecified atom stereocenters. The van der Waals surface area contributed by atoms with Gasteiger partial charge in [-0.15, -0.1) is 11.8 Å². The number of thioether (sulfide) groups is 1. The van der Waals surface area contributed by atoms with Crippen molar-refractivity contribution in [1.29, 1.82) is 0 Å². The van der Waals surface area contributed by atoms with Crippen LogP contribution in [-0.4, -0.2) is 73.0 Å². The maximum Gasteiger partial charge on any atom is 0.334 e. The highest BCUT2D eigenvalue weighted by molar-refractivity contribution is 8.14. The minimum atomic E-state index is -0.977. The monoisotopic (exact) mass is 370 g/mol. The summed E-state index contributed by atoms with van der Waals surface area (Å²) in [6.45, 7) is 3.33. The molecule has 0 radical (unpaired) electrons. The number of nitrogens with zero attached hydrogens (tertiary/aromatic N) is 2. The van der Waals surface area contributed by atoms with E-state index in [0.717, 1.165) is 0 Å². The Morgan fingerprint density at radius 1 is 1.32 bits per heavy atom. The molecule has 2 heterocycles. The Morgan fingerprint density at radius 3 is 2.80 bits per heavy atom. The number of carbonyl (C=O) groups is 1. The van der Waals surface area contributed by atoms with Gasteiger partial charge in [-0.05, 0) is 6.92 Å². The Balaban J connectivity index is 2.03. The van der Waals surface area contributed by atoms with Crippen LogP contribution in [-0.2, 0) is 19.0 Å². The van der Waals surface area contributed by atoms with E-state index in [0.29, 0.717) is 30.6 Å². The molecule has 1 N–H and O–H groups in total. The van der Waals surface area contributed by atoms with Gasteiger partial charge in [0.1, 0.15) is 17.3 Å². The van der Waals surface area contributed by atoms with Gasteiger partial charge in [0.2, 0.25) is 0 Å². The van der Waals surface area contributed by atoms with Crippen molar-refractivity contribution in [1.82, 2.24) is 4.98 Å². The normalized spacial score (nSPS) is 19.6. The lowest BCUT2D eigenvalue weighted by atomic mass is 10.1. The maximum atomic E-state index is 11.8. The van der Waals surface area contributed by atoms with Crippen LogP contribution in [0, 0.1) is 0 Å². The Hall–Kier alpha value is -1.84. The topological polar surface area (TPSA) is 99.5 Å². The predicted octanol–water partition coefficient (Wildman–Crippen LogP) is 1.25. The first-order chi connectivity index (χ1) is 12.0. The fourth-order valence-corrected chi connectivity index (χ4v) is 3.26. The summed E-state index contributed by atoms with van der Waals surface area (Å²) < 4.78 is 20.5. The Bertz CT molecular complexity index is 639. The van der Waals surface area contributed by atoms with Crippen LogP contribution < -0.4 is 4.74 Å². The molecular weight excluding hydrogens is 348 g/mol. The lowest BCUT2D eigenvalue weighted by Crippen LogP contribution is -2.34. The highest BCUT2D eigenvalue weighted by Crippen LogP contribution is 2.37. The van der Waals surface area contributed by atoms with Gasteiger partial charge in [-0.3, -0.25) is 4.99 Å². The first kappa shape index (κ1) is 19.5. The Morgan fingerprint density at radius 2 is 2.08 bits per heavy atom. The summed E-state index contributed by atoms with van der Waals surface area (Å²) in [7, 11) is 2.93. The molecule has 1 aromatic rings. The summed E-state index contributed by atoms with van der Waals surface area (Å²) in [5, 5.41) is 10.9. The van der Waals surface area contributed by atoms with Gasteiger partial charge in [0.05, 0.1) is 26.9 Å². The van der Waals surface area contributed by atoms with Gasteiger partial charge < -0.3 is 24.1 Å². The molecule has 1 atom stereocenters. The quantitative estimate of drug-likeness (QED) is 0.512. The van der Waals surface area contributed by atoms with Crippen molar-refractivity contribution < 1.29 is 28.8 Å². The number of hydrogen-bond donors (Lipinski definition) is 1. The molecule has 1 aromatic heterocycles. The van der Waals surface area contributed by atoms with E-state index >= 15 is 0 Å². The number of esters is 1. The highest BCUT2D eigenvalue weighted by Gasteiger charge is 2.40. The summed E-state index contributed by atoms with van der Waals surface area (Å²) in [6, 6.07) is 1.56. The predicted molar refractivity (Wildman–Crippen MR) is 93.5 cm³/mol. The number of aromatic nitrogens is 1. The third-order valence-electron chi connectivity index (χ3n) is 3.47. The molecule has 0 aromatic carbocycles. The van der Waals surface area contributed by atoms with E-state index in [1.165, 1.54) is 25.1 Å². The van der Waals surface area contributed by atoms with Crippen molar-refractivity contribution in [2.45, 2.75) is 12.5 Å². The van der Waals surface area contributed by atoms with Gasteiger partial charge in [-0.1, -0.05) is 0 Å². The van der Waals surface area contributed by atoms with Gasteiger partial charge >= 0.3 is 5.97 Å². The third-order valence-corrected chi connectivity index (χ3v) is 4.73. The summed E-state index contributed by atoms with van der Waals surface area (Å²) in [4.78, 5) is 20.4. The number of aromatic hydroxyl groups is 1. The summed E-state index contributed by atoms with van der Waals surface area (Å²) in [5.41, 5.74) is -0.690. The number of ether oxygens (including phenoxy) is 4. The second kappa shape index (κ2) is 9.02. The van der Waals surface area contributed by atoms with E-state index in [2.05, 4.69) is 9.98 Å². The molecule has 1 aliphatic heterocycles. The molecular formula is C16H22N2O6S. The number of rotatable bonds is 9. The average molecular weight is 370 g/mol. The molecule has 0 aliphatic carbocycles. The van der Waals surface area contributed by atoms with Crippen LogP contribution in [0.4, 0.5) is 0 Å². The zero-order valence-corrected chi connectivity index (χ0v) is 15.3. The number of methoxy groups -OCH3 is 2. The second-order valence-corrected chi connectivity index (χ2v) is 6.40. The van der Waals surface area contributed by atoms with Crippen molar-refractivity contribution >= 4 is 22.8 Å². The highest BCUT2D eigenvalue weighted by atomic mass is 32.2. The smallest absolute Gasteiger partial charge is 0.334 e. The molecule has 0 fully saturated rings. The van der Waals surface area contributed by atoms with Gasteiger partial charge in [-0.2, -0.15) is 0 Å². The fourth-order valence-electron chi connectivity index (χ4n) is 2.11. The Kier molecular flexibility index (Phi) is 7.03. The number of aliphatic imine (C=N–C) groups is 1. The van der Waals surface area contributed by atoms with E-state index in [-0.39, 0.29) is 23.8 Å². The molecule has 0 saturated heterocycles. The minimum Gasteiger partial charge on any atom is -0.503 e. The van der Waals surface area contributed by atoms with E-state index in [9.17, 15) is 9.90 Å². The van der Waals surface area contributed by atoms with Crippen molar-refractivity contribution in [2.24, 2.45) is 4.99 Å². The number of pyridine rings is 1. The third kappa shape index (κ3) is 4.83. The van der Waals surface area contributed by atoms with Crippen molar-refractivity contribution in [3.63, 3.8) is 0 Å². The van der Waals surface area contributed by atoms with Crippen LogP contribution in [0.15, 0.2) is 17.3 Å². The second-order valence-electron chi connectivity index (χ2n) is 5.43. The summed E-state index contributed by atoms with van der Waals surface area (Å²) in [6.07, 6.45) is 1.52. The lowest BCUT2D eigenvalue weighted by molar-refractivity contribution is -0.145. The van der Waals surface area contributed by atoms with E-state index < -0.39 is 11.5 Å². The van der Waals surface area contributed by atoms with Crippen LogP contribution in [0.1, 0.15) is 12.6 Å². The Labute approximate surface area is 150 Å². The number of carbonyl (C=O) groups excluding carboxylic acids is 1. The molecule has 0 amide bonds. The largest absolute Gasteiger partial charge is 0.503 e. The molecule has 138 valence electrons. The van der Waals surface area contributed by atoms with Crippen LogP contribution in [0.3, 0.4) is 0 Å². The fraction of sp³-hybridized carbons (Fsp3) is 0.562. The average Bonchev–Trinajstić information content (AvgIpc) is 3.02. The van der Waals surface area contributed by atoms with E-state index in [1.807, 2.05) is 0 Å². The van der Waals surface area contributed by atoms with Crippen molar-refractivity contribution in [2.75, 3.05) is 46.4 Å². The molecule has 8 nitrogen and oxygen atoms in total. The molecule has 25 heavy (non-hydrogen) atoms. The summed E-state index contributed by atoms with van der Waals surface area (Å²) >= 11 is 1.34. The molecule has 0 saturated carbocycles. The van der Waals surface area contributed by atoms with E-state index in [1.54, 1.807) is 20.1 Å². The van der Waals surface area contributed by atoms with Crippen LogP contribution >= 0.6 is 11.8 Å². The zero-order valence-electron chi connectivity index (χ0n) is 14.5. The first-order valence-electron chi connectivity index (χ1n) is 7.70. The van der Waals surface area contributed by atoms with Crippen molar-refractivity contribution in [3.8, 4) is 11.5 Å². The molecule has 2 rings (SSSR count). The lowest BCUT2D eigenvalue weighted by Gasteiger charge is -2.15. The van der Waals surface area contributed by atoms with Gasteiger partial charge in [-0.25, -0.2) is 9.78 Å². The SMILES string of the molecule is COCCOCCOc1ccnc(C2=N[C@@](C)(C(=O)OC)CS2)c1O. The van der Waals surface area contributed by atoms with Gasteiger partial charge in [0.15, 0.2) is 17.0 Å². The van der Waals surface area contributed by atoms with Gasteiger partial charge in [0.25, 0.3) is 0 Å². The first-order valence-corrected chi connectivity index (χ1v) is 8.69. The minimum absolute atomic E-state index is 0.111. The van der Waals surface area contributed by atoms with Crippen LogP contribution in [0.25, 0.3) is 0 Å². The molecule has 9 heteroatoms. The van der Waals surface area contributed by atoms with Crippen LogP contribution in [0.2, 0.25) is 0 Å². The molecule has 1 aliphatic rings. The summed E-state index contributed by atoms with van der Waals surface area (Å²) in [5.74, 6) is 0.180.